The Kier molecular flexibility index (Phi) is 3.56. The van der Waals surface area contributed by atoms with Gasteiger partial charge in [-0.25, -0.2) is 4.98 Å². The van der Waals surface area contributed by atoms with Crippen LogP contribution in [0.2, 0.25) is 0 Å². The Balaban J connectivity index is 2.01. The molecular weight excluding hydrogens is 204 g/mol. The van der Waals surface area contributed by atoms with Crippen molar-refractivity contribution in [1.82, 2.24) is 14.5 Å². The molecule has 5 heteroatoms. The summed E-state index contributed by atoms with van der Waals surface area (Å²) in [5.74, 6) is 0.0514. The maximum atomic E-state index is 12.0. The highest BCUT2D eigenvalue weighted by Gasteiger charge is 2.19. The third-order valence-electron chi connectivity index (χ3n) is 2.88. The molecule has 2 N–H and O–H groups in total. The van der Waals surface area contributed by atoms with Gasteiger partial charge in [-0.2, -0.15) is 0 Å². The van der Waals surface area contributed by atoms with E-state index >= 15 is 0 Å². The molecule has 0 spiro atoms. The average molecular weight is 222 g/mol. The smallest absolute Gasteiger partial charge is 0.274 e. The van der Waals surface area contributed by atoms with Gasteiger partial charge in [0, 0.05) is 32.4 Å². The van der Waals surface area contributed by atoms with E-state index < -0.39 is 0 Å². The van der Waals surface area contributed by atoms with Crippen LogP contribution in [0.3, 0.4) is 0 Å². The van der Waals surface area contributed by atoms with Crippen LogP contribution in [0.1, 0.15) is 29.8 Å². The fourth-order valence-electron chi connectivity index (χ4n) is 2.00. The fraction of sp³-hybridized carbons (Fsp3) is 0.636. The molecule has 0 saturated carbocycles. The van der Waals surface area contributed by atoms with E-state index in [0.717, 1.165) is 25.9 Å². The van der Waals surface area contributed by atoms with E-state index in [-0.39, 0.29) is 5.91 Å². The minimum atomic E-state index is 0.0514. The zero-order chi connectivity index (χ0) is 11.4. The molecule has 1 fully saturated rings. The van der Waals surface area contributed by atoms with Crippen molar-refractivity contribution in [2.24, 2.45) is 5.73 Å². The van der Waals surface area contributed by atoms with E-state index in [1.54, 1.807) is 12.5 Å². The number of imidazole rings is 1. The van der Waals surface area contributed by atoms with Crippen molar-refractivity contribution in [3.63, 3.8) is 0 Å². The van der Waals surface area contributed by atoms with Gasteiger partial charge < -0.3 is 15.2 Å². The number of carbonyl (C=O) groups excluding carboxylic acids is 1. The Morgan fingerprint density at radius 2 is 2.12 bits per heavy atom. The van der Waals surface area contributed by atoms with Gasteiger partial charge in [0.25, 0.3) is 5.91 Å². The Bertz CT molecular complexity index is 355. The van der Waals surface area contributed by atoms with E-state index in [1.165, 1.54) is 6.42 Å². The Morgan fingerprint density at radius 1 is 1.38 bits per heavy atom. The van der Waals surface area contributed by atoms with Gasteiger partial charge in [-0.3, -0.25) is 4.79 Å². The minimum absolute atomic E-state index is 0.0514. The lowest BCUT2D eigenvalue weighted by Gasteiger charge is -2.25. The number of nitrogens with zero attached hydrogens (tertiary/aromatic N) is 3. The zero-order valence-corrected chi connectivity index (χ0v) is 9.43. The van der Waals surface area contributed by atoms with Crippen molar-refractivity contribution in [2.45, 2.75) is 25.8 Å². The third-order valence-corrected chi connectivity index (χ3v) is 2.88. The first-order valence-electron chi connectivity index (χ1n) is 5.82. The SMILES string of the molecule is NCCn1cnc(C(=O)N2CCCCC2)c1. The van der Waals surface area contributed by atoms with Gasteiger partial charge >= 0.3 is 0 Å². The number of piperidine rings is 1. The third kappa shape index (κ3) is 2.41. The lowest BCUT2D eigenvalue weighted by Crippen LogP contribution is -2.35. The molecule has 0 unspecified atom stereocenters. The summed E-state index contributed by atoms with van der Waals surface area (Å²) in [4.78, 5) is 18.0. The van der Waals surface area contributed by atoms with Crippen LogP contribution in [0.5, 0.6) is 0 Å². The van der Waals surface area contributed by atoms with Gasteiger partial charge in [-0.15, -0.1) is 0 Å². The summed E-state index contributed by atoms with van der Waals surface area (Å²) in [6.07, 6.45) is 6.89. The molecule has 1 aliphatic rings. The second kappa shape index (κ2) is 5.12. The lowest BCUT2D eigenvalue weighted by molar-refractivity contribution is 0.0719. The molecule has 0 aromatic carbocycles. The molecule has 2 heterocycles. The predicted molar refractivity (Wildman–Crippen MR) is 61.0 cm³/mol. The summed E-state index contributed by atoms with van der Waals surface area (Å²) >= 11 is 0. The van der Waals surface area contributed by atoms with Crippen molar-refractivity contribution < 1.29 is 4.79 Å². The molecule has 88 valence electrons. The molecule has 1 aliphatic heterocycles. The predicted octanol–water partition coefficient (Wildman–Crippen LogP) is 0.468. The van der Waals surface area contributed by atoms with Crippen LogP contribution < -0.4 is 5.73 Å². The maximum Gasteiger partial charge on any atom is 0.274 e. The number of aromatic nitrogens is 2. The molecule has 0 aliphatic carbocycles. The Morgan fingerprint density at radius 3 is 2.81 bits per heavy atom. The summed E-state index contributed by atoms with van der Waals surface area (Å²) in [5.41, 5.74) is 5.98. The molecule has 1 aromatic rings. The number of carbonyl (C=O) groups is 1. The number of rotatable bonds is 3. The summed E-state index contributed by atoms with van der Waals surface area (Å²) in [5, 5.41) is 0. The molecule has 1 amide bonds. The molecule has 2 rings (SSSR count). The summed E-state index contributed by atoms with van der Waals surface area (Å²) in [7, 11) is 0. The van der Waals surface area contributed by atoms with Crippen LogP contribution in [0.4, 0.5) is 0 Å². The van der Waals surface area contributed by atoms with E-state index in [4.69, 9.17) is 5.73 Å². The second-order valence-corrected chi connectivity index (χ2v) is 4.14. The van der Waals surface area contributed by atoms with Crippen LogP contribution in [0.25, 0.3) is 0 Å². The van der Waals surface area contributed by atoms with Crippen LogP contribution in [-0.4, -0.2) is 40.0 Å². The van der Waals surface area contributed by atoms with Gasteiger partial charge in [0.2, 0.25) is 0 Å². The average Bonchev–Trinajstić information content (AvgIpc) is 2.78. The van der Waals surface area contributed by atoms with Crippen molar-refractivity contribution >= 4 is 5.91 Å². The number of hydrogen-bond acceptors (Lipinski definition) is 3. The first-order valence-corrected chi connectivity index (χ1v) is 5.82. The van der Waals surface area contributed by atoms with Crippen LogP contribution in [-0.2, 0) is 6.54 Å². The normalized spacial score (nSPS) is 16.4. The monoisotopic (exact) mass is 222 g/mol. The second-order valence-electron chi connectivity index (χ2n) is 4.14. The number of amides is 1. The Labute approximate surface area is 95.2 Å². The zero-order valence-electron chi connectivity index (χ0n) is 9.43. The largest absolute Gasteiger partial charge is 0.337 e. The topological polar surface area (TPSA) is 64.2 Å². The number of hydrogen-bond donors (Lipinski definition) is 1. The van der Waals surface area contributed by atoms with Gasteiger partial charge in [0.05, 0.1) is 6.33 Å². The highest BCUT2D eigenvalue weighted by molar-refractivity contribution is 5.92. The molecule has 0 atom stereocenters. The molecule has 1 aromatic heterocycles. The minimum Gasteiger partial charge on any atom is -0.337 e. The molecule has 1 saturated heterocycles. The summed E-state index contributed by atoms with van der Waals surface area (Å²) in [6, 6.07) is 0. The maximum absolute atomic E-state index is 12.0. The molecule has 5 nitrogen and oxygen atoms in total. The quantitative estimate of drug-likeness (QED) is 0.808. The molecule has 0 bridgehead atoms. The van der Waals surface area contributed by atoms with Gasteiger partial charge in [0.1, 0.15) is 5.69 Å². The fourth-order valence-corrected chi connectivity index (χ4v) is 2.00. The van der Waals surface area contributed by atoms with E-state index in [0.29, 0.717) is 18.8 Å². The van der Waals surface area contributed by atoms with Crippen LogP contribution in [0, 0.1) is 0 Å². The Hall–Kier alpha value is -1.36. The van der Waals surface area contributed by atoms with E-state index in [2.05, 4.69) is 4.98 Å². The highest BCUT2D eigenvalue weighted by Crippen LogP contribution is 2.11. The van der Waals surface area contributed by atoms with Crippen molar-refractivity contribution in [3.05, 3.63) is 18.2 Å². The van der Waals surface area contributed by atoms with Crippen LogP contribution in [0.15, 0.2) is 12.5 Å². The summed E-state index contributed by atoms with van der Waals surface area (Å²) in [6.45, 7) is 3.00. The van der Waals surface area contributed by atoms with E-state index in [1.807, 2.05) is 9.47 Å². The van der Waals surface area contributed by atoms with Gasteiger partial charge in [-0.05, 0) is 19.3 Å². The lowest BCUT2D eigenvalue weighted by atomic mass is 10.1. The first kappa shape index (κ1) is 11.1. The highest BCUT2D eigenvalue weighted by atomic mass is 16.2. The standard InChI is InChI=1S/C11H18N4O/c12-4-7-14-8-10(13-9-14)11(16)15-5-2-1-3-6-15/h8-9H,1-7,12H2. The van der Waals surface area contributed by atoms with Crippen molar-refractivity contribution in [2.75, 3.05) is 19.6 Å². The summed E-state index contributed by atoms with van der Waals surface area (Å²) < 4.78 is 1.86. The number of likely N-dealkylation sites (tertiary alicyclic amines) is 1. The van der Waals surface area contributed by atoms with Gasteiger partial charge in [-0.1, -0.05) is 0 Å². The molecule has 16 heavy (non-hydrogen) atoms. The first-order chi connectivity index (χ1) is 7.81. The number of nitrogens with two attached hydrogens (primary N) is 1. The van der Waals surface area contributed by atoms with Gasteiger partial charge in [0.15, 0.2) is 0 Å². The van der Waals surface area contributed by atoms with E-state index in [9.17, 15) is 4.79 Å². The van der Waals surface area contributed by atoms with Crippen LogP contribution >= 0.6 is 0 Å². The molecule has 0 radical (unpaired) electrons. The van der Waals surface area contributed by atoms with Crippen molar-refractivity contribution in [1.29, 1.82) is 0 Å². The van der Waals surface area contributed by atoms with Crippen molar-refractivity contribution in [3.8, 4) is 0 Å². The molecular formula is C11H18N4O.